The zero-order valence-electron chi connectivity index (χ0n) is 13.7. The molecule has 0 unspecified atom stereocenters. The van der Waals surface area contributed by atoms with Gasteiger partial charge in [-0.3, -0.25) is 19.3 Å². The highest BCUT2D eigenvalue weighted by molar-refractivity contribution is 6.31. The summed E-state index contributed by atoms with van der Waals surface area (Å²) in [7, 11) is 0. The maximum absolute atomic E-state index is 12.4. The van der Waals surface area contributed by atoms with Gasteiger partial charge in [0.15, 0.2) is 0 Å². The third-order valence-electron chi connectivity index (χ3n) is 5.04. The highest BCUT2D eigenvalue weighted by Crippen LogP contribution is 2.38. The van der Waals surface area contributed by atoms with E-state index in [1.165, 1.54) is 4.90 Å². The van der Waals surface area contributed by atoms with Crippen molar-refractivity contribution in [2.75, 3.05) is 11.9 Å². The van der Waals surface area contributed by atoms with Gasteiger partial charge in [0.1, 0.15) is 0 Å². The molecule has 6 heteroatoms. The lowest BCUT2D eigenvalue weighted by atomic mass is 9.81. The molecule has 1 saturated carbocycles. The van der Waals surface area contributed by atoms with Crippen LogP contribution in [-0.4, -0.2) is 29.2 Å². The smallest absolute Gasteiger partial charge is 0.233 e. The van der Waals surface area contributed by atoms with Crippen LogP contribution in [0.1, 0.15) is 37.7 Å². The highest BCUT2D eigenvalue weighted by Gasteiger charge is 2.47. The van der Waals surface area contributed by atoms with Gasteiger partial charge in [-0.1, -0.05) is 30.5 Å². The molecule has 2 atom stereocenters. The monoisotopic (exact) mass is 348 g/mol. The van der Waals surface area contributed by atoms with E-state index in [2.05, 4.69) is 5.32 Å². The van der Waals surface area contributed by atoms with Crippen molar-refractivity contribution < 1.29 is 14.4 Å². The topological polar surface area (TPSA) is 66.5 Å². The Morgan fingerprint density at radius 1 is 1.21 bits per heavy atom. The van der Waals surface area contributed by atoms with Gasteiger partial charge in [-0.15, -0.1) is 0 Å². The summed E-state index contributed by atoms with van der Waals surface area (Å²) in [5.41, 5.74) is 1.45. The number of rotatable bonds is 4. The van der Waals surface area contributed by atoms with E-state index in [-0.39, 0.29) is 42.5 Å². The molecule has 1 aromatic carbocycles. The number of amides is 3. The summed E-state index contributed by atoms with van der Waals surface area (Å²) < 4.78 is 0. The number of hydrogen-bond acceptors (Lipinski definition) is 3. The van der Waals surface area contributed by atoms with Crippen LogP contribution in [0.3, 0.4) is 0 Å². The largest absolute Gasteiger partial charge is 0.326 e. The van der Waals surface area contributed by atoms with Crippen molar-refractivity contribution in [2.24, 2.45) is 11.8 Å². The van der Waals surface area contributed by atoms with Crippen LogP contribution >= 0.6 is 11.6 Å². The Hall–Kier alpha value is -1.88. The van der Waals surface area contributed by atoms with Crippen LogP contribution in [0, 0.1) is 18.8 Å². The summed E-state index contributed by atoms with van der Waals surface area (Å²) in [5.74, 6) is -0.752. The van der Waals surface area contributed by atoms with E-state index in [4.69, 9.17) is 11.6 Å². The molecule has 3 amide bonds. The molecule has 1 saturated heterocycles. The number of hydrogen-bond donors (Lipinski definition) is 1. The molecule has 1 aliphatic heterocycles. The van der Waals surface area contributed by atoms with Crippen molar-refractivity contribution in [2.45, 2.75) is 39.0 Å². The van der Waals surface area contributed by atoms with Crippen molar-refractivity contribution in [3.63, 3.8) is 0 Å². The van der Waals surface area contributed by atoms with Gasteiger partial charge in [0, 0.05) is 23.7 Å². The average molecular weight is 349 g/mol. The Kier molecular flexibility index (Phi) is 4.90. The summed E-state index contributed by atoms with van der Waals surface area (Å²) in [4.78, 5) is 38.2. The second-order valence-electron chi connectivity index (χ2n) is 6.54. The number of likely N-dealkylation sites (tertiary alicyclic amines) is 1. The minimum atomic E-state index is -0.226. The van der Waals surface area contributed by atoms with Crippen LogP contribution in [0.15, 0.2) is 18.2 Å². The fraction of sp³-hybridized carbons (Fsp3) is 0.500. The van der Waals surface area contributed by atoms with Gasteiger partial charge in [-0.25, -0.2) is 0 Å². The second-order valence-corrected chi connectivity index (χ2v) is 6.94. The molecule has 24 heavy (non-hydrogen) atoms. The third-order valence-corrected chi connectivity index (χ3v) is 5.45. The predicted octanol–water partition coefficient (Wildman–Crippen LogP) is 3.15. The zero-order valence-corrected chi connectivity index (χ0v) is 14.4. The number of halogens is 1. The minimum Gasteiger partial charge on any atom is -0.326 e. The van der Waals surface area contributed by atoms with Crippen LogP contribution in [0.2, 0.25) is 5.02 Å². The van der Waals surface area contributed by atoms with Crippen molar-refractivity contribution in [1.29, 1.82) is 0 Å². The van der Waals surface area contributed by atoms with Gasteiger partial charge in [0.2, 0.25) is 17.7 Å². The van der Waals surface area contributed by atoms with E-state index in [1.54, 1.807) is 18.2 Å². The molecule has 0 bridgehead atoms. The molecular formula is C18H21ClN2O3. The lowest BCUT2D eigenvalue weighted by molar-refractivity contribution is -0.140. The van der Waals surface area contributed by atoms with E-state index in [9.17, 15) is 14.4 Å². The fourth-order valence-electron chi connectivity index (χ4n) is 3.62. The summed E-state index contributed by atoms with van der Waals surface area (Å²) in [5, 5.41) is 3.38. The number of nitrogens with zero attached hydrogens (tertiary/aromatic N) is 1. The Labute approximate surface area is 146 Å². The normalized spacial score (nSPS) is 23.3. The fourth-order valence-corrected chi connectivity index (χ4v) is 3.79. The van der Waals surface area contributed by atoms with Crippen molar-refractivity contribution in [1.82, 2.24) is 4.90 Å². The molecule has 1 N–H and O–H groups in total. The Morgan fingerprint density at radius 3 is 2.46 bits per heavy atom. The molecule has 128 valence electrons. The first-order valence-electron chi connectivity index (χ1n) is 8.39. The van der Waals surface area contributed by atoms with Crippen LogP contribution in [0.5, 0.6) is 0 Å². The van der Waals surface area contributed by atoms with Crippen molar-refractivity contribution in [3.05, 3.63) is 28.8 Å². The van der Waals surface area contributed by atoms with Crippen LogP contribution in [-0.2, 0) is 14.4 Å². The van der Waals surface area contributed by atoms with E-state index in [1.807, 2.05) is 6.92 Å². The van der Waals surface area contributed by atoms with Crippen molar-refractivity contribution in [3.8, 4) is 0 Å². The molecule has 0 radical (unpaired) electrons. The Bertz CT molecular complexity index is 665. The molecule has 1 aromatic rings. The first kappa shape index (κ1) is 17.0. The molecule has 2 fully saturated rings. The second kappa shape index (κ2) is 6.93. The molecular weight excluding hydrogens is 328 g/mol. The molecule has 3 rings (SSSR count). The zero-order chi connectivity index (χ0) is 17.3. The lowest BCUT2D eigenvalue weighted by Gasteiger charge is -2.19. The summed E-state index contributed by atoms with van der Waals surface area (Å²) >= 11 is 6.04. The summed E-state index contributed by atoms with van der Waals surface area (Å²) in [6.07, 6.45) is 3.69. The van der Waals surface area contributed by atoms with Gasteiger partial charge in [-0.2, -0.15) is 0 Å². The van der Waals surface area contributed by atoms with Gasteiger partial charge in [0.05, 0.1) is 11.8 Å². The van der Waals surface area contributed by atoms with E-state index in [0.717, 1.165) is 31.2 Å². The molecule has 5 nitrogen and oxygen atoms in total. The van der Waals surface area contributed by atoms with Crippen molar-refractivity contribution >= 4 is 35.0 Å². The maximum Gasteiger partial charge on any atom is 0.233 e. The average Bonchev–Trinajstić information content (AvgIpc) is 2.82. The highest BCUT2D eigenvalue weighted by atomic mass is 35.5. The van der Waals surface area contributed by atoms with Crippen LogP contribution < -0.4 is 5.32 Å². The number of imide groups is 1. The lowest BCUT2D eigenvalue weighted by Crippen LogP contribution is -2.34. The summed E-state index contributed by atoms with van der Waals surface area (Å²) in [6.45, 7) is 1.98. The molecule has 2 aliphatic rings. The van der Waals surface area contributed by atoms with Gasteiger partial charge in [0.25, 0.3) is 0 Å². The summed E-state index contributed by atoms with van der Waals surface area (Å²) in [6, 6.07) is 5.30. The van der Waals surface area contributed by atoms with Gasteiger partial charge >= 0.3 is 0 Å². The first-order valence-corrected chi connectivity index (χ1v) is 8.77. The molecule has 1 heterocycles. The maximum atomic E-state index is 12.4. The predicted molar refractivity (Wildman–Crippen MR) is 91.6 cm³/mol. The number of carbonyl (C=O) groups excluding carboxylic acids is 3. The number of carbonyl (C=O) groups is 3. The van der Waals surface area contributed by atoms with Gasteiger partial charge < -0.3 is 5.32 Å². The van der Waals surface area contributed by atoms with Crippen LogP contribution in [0.25, 0.3) is 0 Å². The SMILES string of the molecule is Cc1c(Cl)cccc1NC(=O)CCN1C(=O)[C@@H]2CCCC[C@H]2C1=O. The molecule has 0 aromatic heterocycles. The number of benzene rings is 1. The number of anilines is 1. The number of fused-ring (bicyclic) bond motifs is 1. The third kappa shape index (κ3) is 3.18. The minimum absolute atomic E-state index is 0.100. The van der Waals surface area contributed by atoms with E-state index >= 15 is 0 Å². The molecule has 0 spiro atoms. The number of nitrogens with one attached hydrogen (secondary N) is 1. The quantitative estimate of drug-likeness (QED) is 0.850. The van der Waals surface area contributed by atoms with Gasteiger partial charge in [-0.05, 0) is 37.5 Å². The Morgan fingerprint density at radius 2 is 1.83 bits per heavy atom. The van der Waals surface area contributed by atoms with E-state index in [0.29, 0.717) is 10.7 Å². The standard InChI is InChI=1S/C18H21ClN2O3/c1-11-14(19)7-4-8-15(11)20-16(22)9-10-21-17(23)12-5-2-3-6-13(12)18(21)24/h4,7-8,12-13H,2-3,5-6,9-10H2,1H3,(H,20,22)/t12-,13-/m1/s1. The van der Waals surface area contributed by atoms with Crippen LogP contribution in [0.4, 0.5) is 5.69 Å². The molecule has 1 aliphatic carbocycles. The Balaban J connectivity index is 1.59. The van der Waals surface area contributed by atoms with E-state index < -0.39 is 0 Å². The first-order chi connectivity index (χ1) is 11.5.